The van der Waals surface area contributed by atoms with Gasteiger partial charge in [-0.05, 0) is 12.1 Å². The van der Waals surface area contributed by atoms with Gasteiger partial charge in [0.15, 0.2) is 0 Å². The van der Waals surface area contributed by atoms with E-state index in [9.17, 15) is 14.4 Å². The number of esters is 1. The summed E-state index contributed by atoms with van der Waals surface area (Å²) in [6.07, 6.45) is -0.882. The Balaban J connectivity index is 2.19. The molecule has 6 nitrogen and oxygen atoms in total. The van der Waals surface area contributed by atoms with Crippen LogP contribution in [-0.2, 0) is 9.53 Å². The van der Waals surface area contributed by atoms with Crippen molar-refractivity contribution in [1.29, 1.82) is 5.26 Å². The van der Waals surface area contributed by atoms with Gasteiger partial charge in [0.2, 0.25) is 0 Å². The van der Waals surface area contributed by atoms with Crippen LogP contribution in [0.4, 0.5) is 0 Å². The van der Waals surface area contributed by atoms with E-state index in [0.29, 0.717) is 11.1 Å². The molecule has 0 spiro atoms. The number of ether oxygens (including phenoxy) is 1. The SMILES string of the molecule is CC(=O)O[C@H](CC#N)CN1C(=O)c2ccccc2C1=O. The Morgan fingerprint density at radius 2 is 1.85 bits per heavy atom. The lowest BCUT2D eigenvalue weighted by atomic mass is 10.1. The summed E-state index contributed by atoms with van der Waals surface area (Å²) in [5.41, 5.74) is 0.659. The van der Waals surface area contributed by atoms with Crippen molar-refractivity contribution in [2.24, 2.45) is 0 Å². The van der Waals surface area contributed by atoms with E-state index in [4.69, 9.17) is 10.00 Å². The van der Waals surface area contributed by atoms with Gasteiger partial charge < -0.3 is 4.74 Å². The number of benzene rings is 1. The van der Waals surface area contributed by atoms with Gasteiger partial charge in [-0.25, -0.2) is 0 Å². The summed E-state index contributed by atoms with van der Waals surface area (Å²) in [5.74, 6) is -1.41. The number of carbonyl (C=O) groups excluding carboxylic acids is 3. The molecule has 0 aromatic heterocycles. The van der Waals surface area contributed by atoms with E-state index in [0.717, 1.165) is 4.90 Å². The number of fused-ring (bicyclic) bond motifs is 1. The summed E-state index contributed by atoms with van der Waals surface area (Å²) < 4.78 is 4.94. The lowest BCUT2D eigenvalue weighted by Crippen LogP contribution is -2.38. The lowest BCUT2D eigenvalue weighted by Gasteiger charge is -2.20. The molecule has 0 fully saturated rings. The first-order chi connectivity index (χ1) is 9.54. The van der Waals surface area contributed by atoms with Crippen LogP contribution in [0.3, 0.4) is 0 Å². The zero-order chi connectivity index (χ0) is 14.7. The van der Waals surface area contributed by atoms with Gasteiger partial charge in [0.25, 0.3) is 11.8 Å². The maximum absolute atomic E-state index is 12.1. The van der Waals surface area contributed by atoms with Gasteiger partial charge in [0.05, 0.1) is 30.2 Å². The summed E-state index contributed by atoms with van der Waals surface area (Å²) in [4.78, 5) is 36.2. The van der Waals surface area contributed by atoms with Crippen molar-refractivity contribution in [2.75, 3.05) is 6.54 Å². The van der Waals surface area contributed by atoms with Crippen molar-refractivity contribution >= 4 is 17.8 Å². The number of carbonyl (C=O) groups is 3. The molecule has 1 aliphatic rings. The second-order valence-corrected chi connectivity index (χ2v) is 4.36. The van der Waals surface area contributed by atoms with Gasteiger partial charge >= 0.3 is 5.97 Å². The highest BCUT2D eigenvalue weighted by Crippen LogP contribution is 2.23. The smallest absolute Gasteiger partial charge is 0.303 e. The quantitative estimate of drug-likeness (QED) is 0.605. The molecular weight excluding hydrogens is 260 g/mol. The normalized spacial score (nSPS) is 14.7. The van der Waals surface area contributed by atoms with Crippen molar-refractivity contribution in [3.8, 4) is 6.07 Å². The van der Waals surface area contributed by atoms with E-state index in [1.165, 1.54) is 6.92 Å². The fraction of sp³-hybridized carbons (Fsp3) is 0.286. The van der Waals surface area contributed by atoms with Crippen molar-refractivity contribution in [3.05, 3.63) is 35.4 Å². The molecule has 6 heteroatoms. The fourth-order valence-electron chi connectivity index (χ4n) is 2.09. The third kappa shape index (κ3) is 2.52. The minimum atomic E-state index is -0.806. The second-order valence-electron chi connectivity index (χ2n) is 4.36. The van der Waals surface area contributed by atoms with Gasteiger partial charge in [-0.1, -0.05) is 12.1 Å². The van der Waals surface area contributed by atoms with Crippen molar-refractivity contribution in [1.82, 2.24) is 4.90 Å². The first-order valence-corrected chi connectivity index (χ1v) is 6.04. The van der Waals surface area contributed by atoms with Crippen molar-refractivity contribution < 1.29 is 19.1 Å². The van der Waals surface area contributed by atoms with E-state index >= 15 is 0 Å². The lowest BCUT2D eigenvalue weighted by molar-refractivity contribution is -0.146. The topological polar surface area (TPSA) is 87.5 Å². The number of hydrogen-bond acceptors (Lipinski definition) is 5. The summed E-state index contributed by atoms with van der Waals surface area (Å²) in [6.45, 7) is 1.10. The Morgan fingerprint density at radius 3 is 2.30 bits per heavy atom. The van der Waals surface area contributed by atoms with Crippen LogP contribution in [0.1, 0.15) is 34.1 Å². The molecule has 0 radical (unpaired) electrons. The molecule has 2 rings (SSSR count). The highest BCUT2D eigenvalue weighted by molar-refractivity contribution is 6.21. The average molecular weight is 272 g/mol. The molecule has 0 unspecified atom stereocenters. The van der Waals surface area contributed by atoms with E-state index in [1.54, 1.807) is 24.3 Å². The highest BCUT2D eigenvalue weighted by Gasteiger charge is 2.36. The molecule has 1 aromatic rings. The molecule has 102 valence electrons. The molecule has 2 amide bonds. The Morgan fingerprint density at radius 1 is 1.30 bits per heavy atom. The van der Waals surface area contributed by atoms with Gasteiger partial charge in [-0.3, -0.25) is 19.3 Å². The summed E-state index contributed by atoms with van der Waals surface area (Å²) in [6, 6.07) is 8.36. The molecule has 20 heavy (non-hydrogen) atoms. The van der Waals surface area contributed by atoms with Crippen molar-refractivity contribution in [2.45, 2.75) is 19.4 Å². The number of nitriles is 1. The van der Waals surface area contributed by atoms with Gasteiger partial charge in [-0.15, -0.1) is 0 Å². The zero-order valence-electron chi connectivity index (χ0n) is 10.8. The molecule has 1 heterocycles. The van der Waals surface area contributed by atoms with Crippen LogP contribution in [-0.4, -0.2) is 35.3 Å². The van der Waals surface area contributed by atoms with Gasteiger partial charge in [-0.2, -0.15) is 5.26 Å². The molecule has 1 atom stereocenters. The Bertz CT molecular complexity index is 583. The number of nitrogens with zero attached hydrogens (tertiary/aromatic N) is 2. The van der Waals surface area contributed by atoms with Crippen LogP contribution in [0, 0.1) is 11.3 Å². The van der Waals surface area contributed by atoms with Crippen LogP contribution in [0.5, 0.6) is 0 Å². The Hall–Kier alpha value is -2.68. The number of hydrogen-bond donors (Lipinski definition) is 0. The Kier molecular flexibility index (Phi) is 3.80. The van der Waals surface area contributed by atoms with E-state index in [1.807, 2.05) is 6.07 Å². The van der Waals surface area contributed by atoms with E-state index < -0.39 is 23.9 Å². The first-order valence-electron chi connectivity index (χ1n) is 6.04. The molecule has 0 bridgehead atoms. The third-order valence-corrected chi connectivity index (χ3v) is 2.92. The fourth-order valence-corrected chi connectivity index (χ4v) is 2.09. The predicted octanol–water partition coefficient (Wildman–Crippen LogP) is 1.13. The van der Waals surface area contributed by atoms with E-state index in [2.05, 4.69) is 0 Å². The van der Waals surface area contributed by atoms with Crippen LogP contribution >= 0.6 is 0 Å². The Labute approximate surface area is 115 Å². The number of amides is 2. The summed E-state index contributed by atoms with van der Waals surface area (Å²) in [7, 11) is 0. The zero-order valence-corrected chi connectivity index (χ0v) is 10.8. The number of imide groups is 1. The minimum Gasteiger partial charge on any atom is -0.460 e. The van der Waals surface area contributed by atoms with Gasteiger partial charge in [0.1, 0.15) is 6.10 Å². The average Bonchev–Trinajstić information content (AvgIpc) is 2.64. The third-order valence-electron chi connectivity index (χ3n) is 2.92. The largest absolute Gasteiger partial charge is 0.460 e. The van der Waals surface area contributed by atoms with Crippen molar-refractivity contribution in [3.63, 3.8) is 0 Å². The van der Waals surface area contributed by atoms with Crippen LogP contribution in [0.15, 0.2) is 24.3 Å². The summed E-state index contributed by atoms with van der Waals surface area (Å²) in [5, 5.41) is 8.70. The molecule has 0 aliphatic carbocycles. The molecule has 0 saturated heterocycles. The molecule has 0 saturated carbocycles. The standard InChI is InChI=1S/C14H12N2O4/c1-9(17)20-10(6-7-15)8-16-13(18)11-4-2-3-5-12(11)14(16)19/h2-5,10H,6,8H2,1H3/t10-/m1/s1. The molecule has 1 aliphatic heterocycles. The number of rotatable bonds is 4. The molecule has 0 N–H and O–H groups in total. The van der Waals surface area contributed by atoms with E-state index in [-0.39, 0.29) is 13.0 Å². The second kappa shape index (κ2) is 5.53. The summed E-state index contributed by atoms with van der Waals surface area (Å²) >= 11 is 0. The minimum absolute atomic E-state index is 0.0764. The van der Waals surface area contributed by atoms with Crippen LogP contribution in [0.25, 0.3) is 0 Å². The highest BCUT2D eigenvalue weighted by atomic mass is 16.5. The van der Waals surface area contributed by atoms with Crippen LogP contribution in [0.2, 0.25) is 0 Å². The molecular formula is C14H12N2O4. The molecule has 1 aromatic carbocycles. The predicted molar refractivity (Wildman–Crippen MR) is 67.6 cm³/mol. The maximum atomic E-state index is 12.1. The first kappa shape index (κ1) is 13.7. The van der Waals surface area contributed by atoms with Gasteiger partial charge in [0, 0.05) is 6.92 Å². The van der Waals surface area contributed by atoms with Crippen LogP contribution < -0.4 is 0 Å². The monoisotopic (exact) mass is 272 g/mol. The maximum Gasteiger partial charge on any atom is 0.303 e.